The molecule has 3 aromatic heterocycles. The lowest BCUT2D eigenvalue weighted by Crippen LogP contribution is -2.04. The predicted octanol–water partition coefficient (Wildman–Crippen LogP) is 12.7. The first-order valence-electron chi connectivity index (χ1n) is 17.7. The van der Waals surface area contributed by atoms with Crippen LogP contribution in [0.15, 0.2) is 161 Å². The van der Waals surface area contributed by atoms with Crippen molar-refractivity contribution in [3.8, 4) is 33.9 Å². The first-order chi connectivity index (χ1) is 25.7. The van der Waals surface area contributed by atoms with E-state index in [4.69, 9.17) is 23.8 Å². The molecule has 0 bridgehead atoms. The minimum atomic E-state index is 0.615. The lowest BCUT2D eigenvalue weighted by molar-refractivity contribution is 0.668. The van der Waals surface area contributed by atoms with Crippen molar-refractivity contribution in [2.24, 2.45) is 0 Å². The van der Waals surface area contributed by atoms with Crippen LogP contribution in [0.5, 0.6) is 0 Å². The highest BCUT2D eigenvalue weighted by Gasteiger charge is 2.21. The number of nitrogens with zero attached hydrogens (tertiary/aromatic N) is 3. The summed E-state index contributed by atoms with van der Waals surface area (Å²) >= 11 is 0. The van der Waals surface area contributed by atoms with Crippen molar-refractivity contribution in [2.45, 2.75) is 12.8 Å². The summed E-state index contributed by atoms with van der Waals surface area (Å²) in [5.74, 6) is 1.96. The van der Waals surface area contributed by atoms with Crippen LogP contribution in [0.2, 0.25) is 0 Å². The maximum atomic E-state index is 6.55. The van der Waals surface area contributed by atoms with Gasteiger partial charge in [-0.05, 0) is 87.5 Å². The average Bonchev–Trinajstić information content (AvgIpc) is 3.79. The molecule has 0 N–H and O–H groups in total. The summed E-state index contributed by atoms with van der Waals surface area (Å²) in [4.78, 5) is 15.5. The number of hydrogen-bond donors (Lipinski definition) is 0. The fraction of sp³-hybridized carbons (Fsp3) is 0.0426. The highest BCUT2D eigenvalue weighted by atomic mass is 16.3. The fourth-order valence-electron chi connectivity index (χ4n) is 7.89. The van der Waals surface area contributed by atoms with E-state index in [1.54, 1.807) is 0 Å². The molecule has 0 atom stereocenters. The Morgan fingerprint density at radius 2 is 1.10 bits per heavy atom. The first-order valence-corrected chi connectivity index (χ1v) is 17.7. The van der Waals surface area contributed by atoms with Crippen LogP contribution in [0.4, 0.5) is 0 Å². The maximum absolute atomic E-state index is 6.55. The smallest absolute Gasteiger partial charge is 0.164 e. The quantitative estimate of drug-likeness (QED) is 0.175. The summed E-state index contributed by atoms with van der Waals surface area (Å²) in [6.45, 7) is 0. The van der Waals surface area contributed by atoms with Gasteiger partial charge in [0.25, 0.3) is 0 Å². The number of allylic oxidation sites excluding steroid dienone is 4. The van der Waals surface area contributed by atoms with E-state index in [0.717, 1.165) is 84.5 Å². The second-order valence-corrected chi connectivity index (χ2v) is 13.5. The van der Waals surface area contributed by atoms with Crippen LogP contribution in [-0.4, -0.2) is 15.0 Å². The molecule has 5 heteroatoms. The monoisotopic (exact) mass is 667 g/mol. The number of rotatable bonds is 4. The summed E-state index contributed by atoms with van der Waals surface area (Å²) in [5.41, 5.74) is 8.38. The highest BCUT2D eigenvalue weighted by Crippen LogP contribution is 2.42. The van der Waals surface area contributed by atoms with Gasteiger partial charge >= 0.3 is 0 Å². The number of fused-ring (bicyclic) bond motifs is 9. The molecular weight excluding hydrogens is 639 g/mol. The van der Waals surface area contributed by atoms with Crippen LogP contribution in [0.25, 0.3) is 105 Å². The third-order valence-electron chi connectivity index (χ3n) is 10.4. The molecule has 0 radical (unpaired) electrons. The average molecular weight is 668 g/mol. The molecule has 0 aliphatic heterocycles. The molecule has 5 nitrogen and oxygen atoms in total. The van der Waals surface area contributed by atoms with Crippen molar-refractivity contribution in [3.63, 3.8) is 0 Å². The summed E-state index contributed by atoms with van der Waals surface area (Å²) in [6, 6.07) is 46.4. The molecule has 52 heavy (non-hydrogen) atoms. The molecule has 0 amide bonds. The van der Waals surface area contributed by atoms with Crippen molar-refractivity contribution in [2.75, 3.05) is 0 Å². The second-order valence-electron chi connectivity index (χ2n) is 13.5. The van der Waals surface area contributed by atoms with Gasteiger partial charge in [0.1, 0.15) is 22.3 Å². The Kier molecular flexibility index (Phi) is 6.31. The Morgan fingerprint density at radius 1 is 0.442 bits per heavy atom. The van der Waals surface area contributed by atoms with Gasteiger partial charge in [-0.3, -0.25) is 0 Å². The molecule has 0 saturated carbocycles. The topological polar surface area (TPSA) is 65.0 Å². The molecule has 0 unspecified atom stereocenters. The van der Waals surface area contributed by atoms with Crippen molar-refractivity contribution in [1.82, 2.24) is 15.0 Å². The summed E-state index contributed by atoms with van der Waals surface area (Å²) in [6.07, 6.45) is 8.23. The lowest BCUT2D eigenvalue weighted by atomic mass is 9.96. The van der Waals surface area contributed by atoms with E-state index in [-0.39, 0.29) is 0 Å². The van der Waals surface area contributed by atoms with Gasteiger partial charge < -0.3 is 8.83 Å². The van der Waals surface area contributed by atoms with Gasteiger partial charge in [0.15, 0.2) is 17.5 Å². The summed E-state index contributed by atoms with van der Waals surface area (Å²) < 4.78 is 12.9. The molecule has 3 heterocycles. The van der Waals surface area contributed by atoms with Crippen LogP contribution in [-0.2, 0) is 0 Å². The number of para-hydroxylation sites is 1. The molecule has 7 aromatic carbocycles. The van der Waals surface area contributed by atoms with Crippen LogP contribution >= 0.6 is 0 Å². The Hall–Kier alpha value is -6.85. The SMILES string of the molecule is C1=CCCC(c2nc(-c3ccc4ccc5ccccc5c4c3)nc(-c3cccc4oc5cccc(-c6ccc7c(c6)oc6ccccc67)c5c34)n2)=C1. The van der Waals surface area contributed by atoms with E-state index in [9.17, 15) is 0 Å². The molecule has 0 spiro atoms. The number of aromatic nitrogens is 3. The van der Waals surface area contributed by atoms with E-state index in [1.165, 1.54) is 21.5 Å². The molecule has 1 aliphatic rings. The van der Waals surface area contributed by atoms with E-state index in [0.29, 0.717) is 17.5 Å². The molecule has 0 fully saturated rings. The lowest BCUT2D eigenvalue weighted by Gasteiger charge is -2.13. The number of benzene rings is 7. The van der Waals surface area contributed by atoms with Gasteiger partial charge in [-0.2, -0.15) is 0 Å². The van der Waals surface area contributed by atoms with E-state index in [1.807, 2.05) is 42.5 Å². The predicted molar refractivity (Wildman–Crippen MR) is 212 cm³/mol. The standard InChI is InChI=1S/C47H29N3O2/c1-2-11-30(12-3-1)45-48-46(32-23-22-29-21-20-28-10-4-5-13-33(28)38(29)26-32)50-47(49-45)37-16-9-19-41-44(37)43-34(15-8-18-40(43)52-41)31-24-25-36-35-14-6-7-17-39(35)51-42(36)27-31/h1-2,4-11,13-27H,3,12H2. The minimum absolute atomic E-state index is 0.615. The minimum Gasteiger partial charge on any atom is -0.456 e. The zero-order valence-electron chi connectivity index (χ0n) is 28.0. The molecule has 1 aliphatic carbocycles. The highest BCUT2D eigenvalue weighted by molar-refractivity contribution is 6.18. The molecule has 0 saturated heterocycles. The zero-order chi connectivity index (χ0) is 34.2. The third-order valence-corrected chi connectivity index (χ3v) is 10.4. The second kappa shape index (κ2) is 11.3. The van der Waals surface area contributed by atoms with Crippen molar-refractivity contribution >= 4 is 71.0 Å². The number of furan rings is 2. The first kappa shape index (κ1) is 28.9. The Balaban J connectivity index is 1.14. The maximum Gasteiger partial charge on any atom is 0.164 e. The normalized spacial score (nSPS) is 13.3. The Morgan fingerprint density at radius 3 is 1.96 bits per heavy atom. The van der Waals surface area contributed by atoms with Crippen molar-refractivity contribution in [1.29, 1.82) is 0 Å². The van der Waals surface area contributed by atoms with Gasteiger partial charge in [-0.25, -0.2) is 15.0 Å². The van der Waals surface area contributed by atoms with Crippen molar-refractivity contribution < 1.29 is 8.83 Å². The Labute approximate surface area is 298 Å². The van der Waals surface area contributed by atoms with Gasteiger partial charge in [-0.1, -0.05) is 115 Å². The van der Waals surface area contributed by atoms with Crippen LogP contribution < -0.4 is 0 Å². The molecular formula is C47H29N3O2. The van der Waals surface area contributed by atoms with Crippen LogP contribution in [0, 0.1) is 0 Å². The van der Waals surface area contributed by atoms with Crippen LogP contribution in [0.3, 0.4) is 0 Å². The summed E-state index contributed by atoms with van der Waals surface area (Å²) in [5, 5.41) is 8.97. The van der Waals surface area contributed by atoms with E-state index in [2.05, 4.69) is 109 Å². The van der Waals surface area contributed by atoms with Gasteiger partial charge in [0.2, 0.25) is 0 Å². The van der Waals surface area contributed by atoms with Crippen LogP contribution in [0.1, 0.15) is 18.7 Å². The molecule has 244 valence electrons. The van der Waals surface area contributed by atoms with Gasteiger partial charge in [0, 0.05) is 32.7 Å². The largest absolute Gasteiger partial charge is 0.456 e. The van der Waals surface area contributed by atoms with Gasteiger partial charge in [0.05, 0.1) is 0 Å². The molecule has 11 rings (SSSR count). The number of hydrogen-bond acceptors (Lipinski definition) is 5. The fourth-order valence-corrected chi connectivity index (χ4v) is 7.89. The van der Waals surface area contributed by atoms with Crippen molar-refractivity contribution in [3.05, 3.63) is 158 Å². The third kappa shape index (κ3) is 4.53. The van der Waals surface area contributed by atoms with E-state index >= 15 is 0 Å². The van der Waals surface area contributed by atoms with E-state index < -0.39 is 0 Å². The zero-order valence-corrected chi connectivity index (χ0v) is 28.0. The molecule has 10 aromatic rings. The summed E-state index contributed by atoms with van der Waals surface area (Å²) in [7, 11) is 0. The van der Waals surface area contributed by atoms with Gasteiger partial charge in [-0.15, -0.1) is 0 Å². The Bertz CT molecular complexity index is 3140.